The van der Waals surface area contributed by atoms with E-state index in [1.165, 1.54) is 24.2 Å². The molecular weight excluding hydrogens is 344 g/mol. The zero-order valence-corrected chi connectivity index (χ0v) is 16.2. The summed E-state index contributed by atoms with van der Waals surface area (Å²) in [5.41, 5.74) is 3.70. The third-order valence-electron chi connectivity index (χ3n) is 5.30. The van der Waals surface area contributed by atoms with E-state index < -0.39 is 0 Å². The standard InChI is InChI=1S/C20H26N4OS/c1-22-11-13-23(14-12-22)19(25)15-26-20-21-17-9-5-6-10-18(17)24(20)16-7-3-2-4-8-16/h2-4,7-8H,5-6,9-15H2,1H3. The molecule has 1 aromatic heterocycles. The first-order valence-corrected chi connectivity index (χ1v) is 10.5. The molecule has 138 valence electrons. The number of rotatable bonds is 4. The van der Waals surface area contributed by atoms with Crippen LogP contribution in [0.2, 0.25) is 0 Å². The van der Waals surface area contributed by atoms with Crippen LogP contribution in [0.1, 0.15) is 24.2 Å². The zero-order chi connectivity index (χ0) is 17.9. The Hall–Kier alpha value is -1.79. The van der Waals surface area contributed by atoms with Crippen LogP contribution in [-0.2, 0) is 17.6 Å². The second-order valence-electron chi connectivity index (χ2n) is 7.14. The monoisotopic (exact) mass is 370 g/mol. The lowest BCUT2D eigenvalue weighted by molar-refractivity contribution is -0.129. The number of aryl methyl sites for hydroxylation is 1. The number of hydrogen-bond donors (Lipinski definition) is 0. The van der Waals surface area contributed by atoms with Gasteiger partial charge in [-0.05, 0) is 44.9 Å². The first-order chi connectivity index (χ1) is 12.7. The second-order valence-corrected chi connectivity index (χ2v) is 8.08. The molecule has 1 aliphatic heterocycles. The Balaban J connectivity index is 1.53. The van der Waals surface area contributed by atoms with E-state index in [0.717, 1.165) is 49.9 Å². The summed E-state index contributed by atoms with van der Waals surface area (Å²) in [6, 6.07) is 10.4. The molecule has 1 saturated heterocycles. The normalized spacial score (nSPS) is 18.0. The average Bonchev–Trinajstić information content (AvgIpc) is 3.05. The van der Waals surface area contributed by atoms with Gasteiger partial charge in [-0.1, -0.05) is 30.0 Å². The Kier molecular flexibility index (Phi) is 5.31. The molecule has 0 bridgehead atoms. The van der Waals surface area contributed by atoms with Crippen molar-refractivity contribution < 1.29 is 4.79 Å². The maximum Gasteiger partial charge on any atom is 0.233 e. The molecule has 0 radical (unpaired) electrons. The van der Waals surface area contributed by atoms with E-state index in [4.69, 9.17) is 4.98 Å². The maximum atomic E-state index is 12.6. The fraction of sp³-hybridized carbons (Fsp3) is 0.500. The molecule has 5 nitrogen and oxygen atoms in total. The average molecular weight is 371 g/mol. The Bertz CT molecular complexity index is 766. The highest BCUT2D eigenvalue weighted by Crippen LogP contribution is 2.30. The van der Waals surface area contributed by atoms with E-state index in [1.54, 1.807) is 11.8 Å². The molecule has 1 amide bonds. The molecule has 0 unspecified atom stereocenters. The van der Waals surface area contributed by atoms with Gasteiger partial charge in [0.05, 0.1) is 11.4 Å². The molecular formula is C20H26N4OS. The third-order valence-corrected chi connectivity index (χ3v) is 6.22. The van der Waals surface area contributed by atoms with Crippen LogP contribution in [0, 0.1) is 0 Å². The number of para-hydroxylation sites is 1. The summed E-state index contributed by atoms with van der Waals surface area (Å²) in [6.45, 7) is 3.59. The van der Waals surface area contributed by atoms with Gasteiger partial charge in [-0.3, -0.25) is 9.36 Å². The van der Waals surface area contributed by atoms with Crippen LogP contribution in [0.25, 0.3) is 5.69 Å². The smallest absolute Gasteiger partial charge is 0.233 e. The quantitative estimate of drug-likeness (QED) is 0.776. The lowest BCUT2D eigenvalue weighted by Gasteiger charge is -2.32. The summed E-state index contributed by atoms with van der Waals surface area (Å²) in [7, 11) is 2.11. The van der Waals surface area contributed by atoms with Crippen LogP contribution in [0.3, 0.4) is 0 Å². The van der Waals surface area contributed by atoms with Gasteiger partial charge in [0, 0.05) is 37.6 Å². The first kappa shape index (κ1) is 17.6. The largest absolute Gasteiger partial charge is 0.339 e. The fourth-order valence-corrected chi connectivity index (χ4v) is 4.68. The van der Waals surface area contributed by atoms with E-state index in [1.807, 2.05) is 11.0 Å². The number of piperazine rings is 1. The summed E-state index contributed by atoms with van der Waals surface area (Å²) >= 11 is 1.58. The maximum absolute atomic E-state index is 12.6. The van der Waals surface area contributed by atoms with Gasteiger partial charge in [0.1, 0.15) is 0 Å². The highest BCUT2D eigenvalue weighted by molar-refractivity contribution is 7.99. The lowest BCUT2D eigenvalue weighted by atomic mass is 10.0. The molecule has 2 heterocycles. The number of hydrogen-bond acceptors (Lipinski definition) is 4. The number of amides is 1. The summed E-state index contributed by atoms with van der Waals surface area (Å²) in [5.74, 6) is 0.690. The van der Waals surface area contributed by atoms with Crippen molar-refractivity contribution >= 4 is 17.7 Å². The number of carbonyl (C=O) groups excluding carboxylic acids is 1. The number of likely N-dealkylation sites (N-methyl/N-ethyl adjacent to an activating group) is 1. The molecule has 4 rings (SSSR count). The minimum Gasteiger partial charge on any atom is -0.339 e. The van der Waals surface area contributed by atoms with Crippen molar-refractivity contribution in [2.75, 3.05) is 39.0 Å². The Morgan fingerprint density at radius 2 is 1.81 bits per heavy atom. The van der Waals surface area contributed by atoms with Crippen molar-refractivity contribution in [1.29, 1.82) is 0 Å². The van der Waals surface area contributed by atoms with E-state index in [2.05, 4.69) is 40.8 Å². The molecule has 0 spiro atoms. The predicted molar refractivity (Wildman–Crippen MR) is 105 cm³/mol. The molecule has 0 saturated carbocycles. The van der Waals surface area contributed by atoms with Crippen LogP contribution >= 0.6 is 11.8 Å². The van der Waals surface area contributed by atoms with Gasteiger partial charge >= 0.3 is 0 Å². The highest BCUT2D eigenvalue weighted by Gasteiger charge is 2.23. The van der Waals surface area contributed by atoms with Crippen molar-refractivity contribution in [3.05, 3.63) is 41.7 Å². The van der Waals surface area contributed by atoms with Crippen LogP contribution in [0.15, 0.2) is 35.5 Å². The van der Waals surface area contributed by atoms with Gasteiger partial charge in [-0.15, -0.1) is 0 Å². The fourth-order valence-electron chi connectivity index (χ4n) is 3.73. The summed E-state index contributed by atoms with van der Waals surface area (Å²) in [4.78, 5) is 21.8. The van der Waals surface area contributed by atoms with Gasteiger partial charge in [-0.25, -0.2) is 4.98 Å². The summed E-state index contributed by atoms with van der Waals surface area (Å²) in [5, 5.41) is 0.963. The number of nitrogens with zero attached hydrogens (tertiary/aromatic N) is 4. The van der Waals surface area contributed by atoms with Crippen molar-refractivity contribution in [2.24, 2.45) is 0 Å². The van der Waals surface area contributed by atoms with E-state index in [0.29, 0.717) is 5.75 Å². The summed E-state index contributed by atoms with van der Waals surface area (Å²) in [6.07, 6.45) is 4.55. The number of imidazole rings is 1. The van der Waals surface area contributed by atoms with Crippen LogP contribution in [0.5, 0.6) is 0 Å². The van der Waals surface area contributed by atoms with E-state index in [-0.39, 0.29) is 5.91 Å². The lowest BCUT2D eigenvalue weighted by Crippen LogP contribution is -2.47. The topological polar surface area (TPSA) is 41.4 Å². The van der Waals surface area contributed by atoms with E-state index >= 15 is 0 Å². The van der Waals surface area contributed by atoms with Gasteiger partial charge in [0.15, 0.2) is 5.16 Å². The van der Waals surface area contributed by atoms with Gasteiger partial charge in [0.25, 0.3) is 0 Å². The number of aromatic nitrogens is 2. The Labute approximate surface area is 159 Å². The first-order valence-electron chi connectivity index (χ1n) is 9.47. The molecule has 1 aliphatic carbocycles. The molecule has 2 aliphatic rings. The number of benzene rings is 1. The Morgan fingerprint density at radius 1 is 1.08 bits per heavy atom. The molecule has 6 heteroatoms. The van der Waals surface area contributed by atoms with Crippen LogP contribution in [0.4, 0.5) is 0 Å². The van der Waals surface area contributed by atoms with Crippen molar-refractivity contribution in [3.8, 4) is 5.69 Å². The minimum absolute atomic E-state index is 0.226. The third kappa shape index (κ3) is 3.67. The number of thioether (sulfide) groups is 1. The molecule has 1 fully saturated rings. The van der Waals surface area contributed by atoms with Crippen molar-refractivity contribution in [1.82, 2.24) is 19.4 Å². The molecule has 1 aromatic carbocycles. The van der Waals surface area contributed by atoms with Crippen molar-refractivity contribution in [3.63, 3.8) is 0 Å². The number of carbonyl (C=O) groups is 1. The van der Waals surface area contributed by atoms with Gasteiger partial charge in [-0.2, -0.15) is 0 Å². The zero-order valence-electron chi connectivity index (χ0n) is 15.4. The minimum atomic E-state index is 0.226. The van der Waals surface area contributed by atoms with E-state index in [9.17, 15) is 4.79 Å². The highest BCUT2D eigenvalue weighted by atomic mass is 32.2. The molecule has 0 N–H and O–H groups in total. The number of fused-ring (bicyclic) bond motifs is 1. The Morgan fingerprint density at radius 3 is 2.58 bits per heavy atom. The van der Waals surface area contributed by atoms with Crippen molar-refractivity contribution in [2.45, 2.75) is 30.8 Å². The second kappa shape index (κ2) is 7.84. The SMILES string of the molecule is CN1CCN(C(=O)CSc2nc3c(n2-c2ccccc2)CCCC3)CC1. The van der Waals surface area contributed by atoms with Crippen LogP contribution in [-0.4, -0.2) is 64.2 Å². The molecule has 26 heavy (non-hydrogen) atoms. The predicted octanol–water partition coefficient (Wildman–Crippen LogP) is 2.62. The molecule has 0 atom stereocenters. The molecule has 2 aromatic rings. The van der Waals surface area contributed by atoms with Gasteiger partial charge < -0.3 is 9.80 Å². The summed E-state index contributed by atoms with van der Waals surface area (Å²) < 4.78 is 2.27. The van der Waals surface area contributed by atoms with Gasteiger partial charge in [0.2, 0.25) is 5.91 Å². The van der Waals surface area contributed by atoms with Crippen LogP contribution < -0.4 is 0 Å².